The van der Waals surface area contributed by atoms with Gasteiger partial charge in [0.1, 0.15) is 0 Å². The molecular weight excluding hydrogens is 408 g/mol. The van der Waals surface area contributed by atoms with Crippen LogP contribution in [-0.4, -0.2) is 19.7 Å². The van der Waals surface area contributed by atoms with E-state index in [9.17, 15) is 0 Å². The Morgan fingerprint density at radius 3 is 2.64 bits per heavy atom. The molecule has 0 aliphatic carbocycles. The number of rotatable bonds is 6. The third-order valence-electron chi connectivity index (χ3n) is 4.44. The number of aryl methyl sites for hydroxylation is 1. The van der Waals surface area contributed by atoms with Crippen LogP contribution in [0.5, 0.6) is 0 Å². The summed E-state index contributed by atoms with van der Waals surface area (Å²) in [6.45, 7) is 2.09. The normalized spacial score (nSPS) is 11.1. The van der Waals surface area contributed by atoms with Crippen molar-refractivity contribution < 1.29 is 0 Å². The van der Waals surface area contributed by atoms with E-state index in [0.29, 0.717) is 0 Å². The van der Waals surface area contributed by atoms with Crippen LogP contribution in [0.15, 0.2) is 59.1 Å². The molecule has 0 unspecified atom stereocenters. The van der Waals surface area contributed by atoms with Gasteiger partial charge in [-0.05, 0) is 30.2 Å². The summed E-state index contributed by atoms with van der Waals surface area (Å²) < 4.78 is 2.05. The number of nitrogens with zero attached hydrogens (tertiary/aromatic N) is 4. The summed E-state index contributed by atoms with van der Waals surface area (Å²) >= 11 is 9.30. The number of thiazole rings is 1. The highest BCUT2D eigenvalue weighted by Gasteiger charge is 2.13. The highest BCUT2D eigenvalue weighted by molar-refractivity contribution is 7.98. The number of hydrogen-bond donors (Lipinski definition) is 0. The first-order valence-electron chi connectivity index (χ1n) is 8.86. The molecule has 0 N–H and O–H groups in total. The number of hydrogen-bond acceptors (Lipinski definition) is 5. The van der Waals surface area contributed by atoms with E-state index in [-0.39, 0.29) is 0 Å². The monoisotopic (exact) mass is 426 g/mol. The zero-order valence-corrected chi connectivity index (χ0v) is 18.0. The van der Waals surface area contributed by atoms with Crippen LogP contribution >= 0.6 is 34.7 Å². The zero-order valence-electron chi connectivity index (χ0n) is 15.6. The summed E-state index contributed by atoms with van der Waals surface area (Å²) in [5.74, 6) is 1.67. The molecule has 0 saturated heterocycles. The van der Waals surface area contributed by atoms with Gasteiger partial charge in [0.05, 0.1) is 10.7 Å². The maximum absolute atomic E-state index is 5.95. The predicted molar refractivity (Wildman–Crippen MR) is 117 cm³/mol. The van der Waals surface area contributed by atoms with Crippen molar-refractivity contribution in [1.29, 1.82) is 0 Å². The Morgan fingerprint density at radius 2 is 1.86 bits per heavy atom. The van der Waals surface area contributed by atoms with E-state index in [1.165, 1.54) is 11.1 Å². The zero-order chi connectivity index (χ0) is 19.5. The second-order valence-corrected chi connectivity index (χ2v) is 8.83. The molecule has 0 aliphatic heterocycles. The first-order chi connectivity index (χ1) is 13.6. The molecular formula is C21H19ClN4S2. The topological polar surface area (TPSA) is 43.6 Å². The molecule has 2 heterocycles. The SMILES string of the molecule is Cc1ccccc1-c1nnc(SCc2csc(Cc3ccc(Cl)cc3)n2)n1C. The molecule has 0 aliphatic rings. The lowest BCUT2D eigenvalue weighted by Crippen LogP contribution is -1.96. The van der Waals surface area contributed by atoms with Gasteiger partial charge in [-0.1, -0.05) is 59.8 Å². The van der Waals surface area contributed by atoms with Gasteiger partial charge in [-0.25, -0.2) is 4.98 Å². The van der Waals surface area contributed by atoms with Gasteiger partial charge in [0.15, 0.2) is 11.0 Å². The molecule has 0 bridgehead atoms. The second kappa shape index (κ2) is 8.47. The van der Waals surface area contributed by atoms with Crippen LogP contribution < -0.4 is 0 Å². The molecule has 0 saturated carbocycles. The Hall–Kier alpha value is -2.15. The summed E-state index contributed by atoms with van der Waals surface area (Å²) in [6.07, 6.45) is 0.827. The molecule has 2 aromatic heterocycles. The number of aromatic nitrogens is 4. The summed E-state index contributed by atoms with van der Waals surface area (Å²) in [7, 11) is 2.01. The minimum Gasteiger partial charge on any atom is -0.305 e. The quantitative estimate of drug-likeness (QED) is 0.366. The third-order valence-corrected chi connectivity index (χ3v) is 6.64. The Kier molecular flexibility index (Phi) is 5.80. The fourth-order valence-corrected chi connectivity index (χ4v) is 4.77. The molecule has 0 amide bonds. The summed E-state index contributed by atoms with van der Waals surface area (Å²) in [5.41, 5.74) is 4.60. The lowest BCUT2D eigenvalue weighted by Gasteiger charge is -2.05. The smallest absolute Gasteiger partial charge is 0.191 e. The average Bonchev–Trinajstić information content (AvgIpc) is 3.29. The van der Waals surface area contributed by atoms with Crippen LogP contribution in [0.1, 0.15) is 21.8 Å². The third kappa shape index (κ3) is 4.29. The van der Waals surface area contributed by atoms with Crippen molar-refractivity contribution in [3.8, 4) is 11.4 Å². The van der Waals surface area contributed by atoms with Gasteiger partial charge in [0.25, 0.3) is 0 Å². The van der Waals surface area contributed by atoms with Gasteiger partial charge < -0.3 is 4.57 Å². The summed E-state index contributed by atoms with van der Waals surface area (Å²) in [5, 5.41) is 13.6. The van der Waals surface area contributed by atoms with E-state index < -0.39 is 0 Å². The van der Waals surface area contributed by atoms with Gasteiger partial charge in [0, 0.05) is 35.2 Å². The number of benzene rings is 2. The van der Waals surface area contributed by atoms with Crippen LogP contribution in [0.3, 0.4) is 0 Å². The highest BCUT2D eigenvalue weighted by Crippen LogP contribution is 2.27. The van der Waals surface area contributed by atoms with Crippen molar-refractivity contribution in [3.05, 3.63) is 80.8 Å². The van der Waals surface area contributed by atoms with E-state index in [0.717, 1.165) is 44.4 Å². The van der Waals surface area contributed by atoms with Crippen molar-refractivity contribution in [2.24, 2.45) is 7.05 Å². The molecule has 0 atom stereocenters. The first kappa shape index (κ1) is 19.2. The van der Waals surface area contributed by atoms with Crippen LogP contribution in [0.2, 0.25) is 5.02 Å². The molecule has 2 aromatic carbocycles. The van der Waals surface area contributed by atoms with Gasteiger partial charge >= 0.3 is 0 Å². The fraction of sp³-hybridized carbons (Fsp3) is 0.190. The van der Waals surface area contributed by atoms with Crippen molar-refractivity contribution in [1.82, 2.24) is 19.7 Å². The lowest BCUT2D eigenvalue weighted by atomic mass is 10.1. The largest absolute Gasteiger partial charge is 0.305 e. The molecule has 7 heteroatoms. The van der Waals surface area contributed by atoms with Gasteiger partial charge in [-0.3, -0.25) is 0 Å². The molecule has 28 heavy (non-hydrogen) atoms. The van der Waals surface area contributed by atoms with E-state index >= 15 is 0 Å². The molecule has 4 rings (SSSR count). The molecule has 4 nitrogen and oxygen atoms in total. The lowest BCUT2D eigenvalue weighted by molar-refractivity contribution is 0.793. The van der Waals surface area contributed by atoms with Crippen LogP contribution in [0, 0.1) is 6.92 Å². The van der Waals surface area contributed by atoms with Crippen molar-refractivity contribution in [2.75, 3.05) is 0 Å². The van der Waals surface area contributed by atoms with Gasteiger partial charge in [-0.2, -0.15) is 0 Å². The maximum Gasteiger partial charge on any atom is 0.191 e. The Bertz CT molecular complexity index is 1090. The molecule has 0 fully saturated rings. The second-order valence-electron chi connectivity index (χ2n) is 6.50. The van der Waals surface area contributed by atoms with Crippen LogP contribution in [-0.2, 0) is 19.2 Å². The van der Waals surface area contributed by atoms with Crippen molar-refractivity contribution >= 4 is 34.7 Å². The van der Waals surface area contributed by atoms with E-state index in [1.807, 2.05) is 48.0 Å². The van der Waals surface area contributed by atoms with E-state index in [4.69, 9.17) is 16.6 Å². The average molecular weight is 427 g/mol. The Balaban J connectivity index is 1.42. The predicted octanol–water partition coefficient (Wildman–Crippen LogP) is 5.78. The number of thioether (sulfide) groups is 1. The van der Waals surface area contributed by atoms with E-state index in [1.54, 1.807) is 23.1 Å². The Morgan fingerprint density at radius 1 is 1.07 bits per heavy atom. The maximum atomic E-state index is 5.95. The number of halogens is 1. The summed E-state index contributed by atoms with van der Waals surface area (Å²) in [4.78, 5) is 4.76. The van der Waals surface area contributed by atoms with E-state index in [2.05, 4.69) is 34.6 Å². The molecule has 142 valence electrons. The van der Waals surface area contributed by atoms with Crippen molar-refractivity contribution in [3.63, 3.8) is 0 Å². The molecule has 0 radical (unpaired) electrons. The van der Waals surface area contributed by atoms with Gasteiger partial charge in [-0.15, -0.1) is 21.5 Å². The van der Waals surface area contributed by atoms with Gasteiger partial charge in [0.2, 0.25) is 0 Å². The summed E-state index contributed by atoms with van der Waals surface area (Å²) in [6, 6.07) is 16.2. The highest BCUT2D eigenvalue weighted by atomic mass is 35.5. The standard InChI is InChI=1S/C21H19ClN4S2/c1-14-5-3-4-6-18(14)20-24-25-21(26(20)2)28-13-17-12-27-19(23-17)11-15-7-9-16(22)10-8-15/h3-10,12H,11,13H2,1-2H3. The minimum absolute atomic E-state index is 0.758. The first-order valence-corrected chi connectivity index (χ1v) is 11.1. The van der Waals surface area contributed by atoms with Crippen LogP contribution in [0.4, 0.5) is 0 Å². The molecule has 4 aromatic rings. The minimum atomic E-state index is 0.758. The van der Waals surface area contributed by atoms with Crippen molar-refractivity contribution in [2.45, 2.75) is 24.3 Å². The molecule has 0 spiro atoms. The fourth-order valence-electron chi connectivity index (χ4n) is 2.91. The Labute approximate surface area is 177 Å². The van der Waals surface area contributed by atoms with Crippen LogP contribution in [0.25, 0.3) is 11.4 Å².